The van der Waals surface area contributed by atoms with E-state index < -0.39 is 21.0 Å². The van der Waals surface area contributed by atoms with Crippen molar-refractivity contribution in [1.29, 1.82) is 0 Å². The smallest absolute Gasteiger partial charge is 0.380 e. The molecule has 9 heteroatoms. The van der Waals surface area contributed by atoms with E-state index in [0.29, 0.717) is 30.1 Å². The Balaban J connectivity index is 1.50. The second kappa shape index (κ2) is 10.1. The molecule has 4 fully saturated rings. The predicted molar refractivity (Wildman–Crippen MR) is 166 cm³/mol. The molecule has 9 atom stereocenters. The third-order valence-electron chi connectivity index (χ3n) is 13.6. The first-order valence-electron chi connectivity index (χ1n) is 15.5. The molecule has 0 bridgehead atoms. The van der Waals surface area contributed by atoms with Crippen LogP contribution in [-0.2, 0) is 14.3 Å². The van der Waals surface area contributed by atoms with E-state index in [1.54, 1.807) is 6.08 Å². The standard InChI is InChI=1S/C32H49F3INO3S/c1-20(2)21-10-15-31(37-19-18-36)17-16-29(6)22(26(21)31)8-9-24-28(5)13-12-25(40-41(38,39)32(33,34)35)27(3,4)23(28)11-14-30(24,29)7/h12,21-24,26,37H,1,8-11,13-19H2,2-7H3/t21-,22+,23-,24+,26+,28-,29+,30+,31-/m0/s1. The van der Waals surface area contributed by atoms with Crippen LogP contribution in [0.1, 0.15) is 99.3 Å². The van der Waals surface area contributed by atoms with Gasteiger partial charge in [0.1, 0.15) is 5.76 Å². The van der Waals surface area contributed by atoms with E-state index in [-0.39, 0.29) is 33.5 Å². The van der Waals surface area contributed by atoms with E-state index in [4.69, 9.17) is 4.18 Å². The van der Waals surface area contributed by atoms with Crippen molar-refractivity contribution in [3.8, 4) is 0 Å². The Bertz CT molecular complexity index is 1220. The van der Waals surface area contributed by atoms with Crippen LogP contribution in [0.2, 0.25) is 0 Å². The topological polar surface area (TPSA) is 55.4 Å². The first kappa shape index (κ1) is 32.1. The Hall–Kier alpha value is -0.290. The molecule has 0 heterocycles. The van der Waals surface area contributed by atoms with Gasteiger partial charge in [0.2, 0.25) is 0 Å². The van der Waals surface area contributed by atoms with Crippen LogP contribution in [0.5, 0.6) is 0 Å². The van der Waals surface area contributed by atoms with Crippen molar-refractivity contribution in [3.05, 3.63) is 24.0 Å². The van der Waals surface area contributed by atoms with E-state index in [2.05, 4.69) is 62.2 Å². The fourth-order valence-corrected chi connectivity index (χ4v) is 12.5. The van der Waals surface area contributed by atoms with Crippen molar-refractivity contribution < 1.29 is 25.8 Å². The molecule has 0 amide bonds. The summed E-state index contributed by atoms with van der Waals surface area (Å²) in [5.41, 5.74) is -4.63. The maximum absolute atomic E-state index is 13.2. The number of allylic oxidation sites excluding steroid dienone is 3. The minimum atomic E-state index is -5.70. The van der Waals surface area contributed by atoms with Crippen molar-refractivity contribution in [3.63, 3.8) is 0 Å². The summed E-state index contributed by atoms with van der Waals surface area (Å²) in [5, 5.41) is 4.06. The van der Waals surface area contributed by atoms with Gasteiger partial charge >= 0.3 is 15.6 Å². The molecule has 234 valence electrons. The summed E-state index contributed by atoms with van der Waals surface area (Å²) in [6.45, 7) is 18.9. The SMILES string of the molecule is C=C(C)[C@@H]1CC[C@]2(NCCI)CC[C@]3(C)[C@H](CC[C@@H]4[C@@]5(C)CC=C(OS(=O)(=O)C(F)(F)F)C(C)(C)[C@@H]5CC[C@]43C)[C@@H]12. The lowest BCUT2D eigenvalue weighted by atomic mass is 9.33. The van der Waals surface area contributed by atoms with E-state index >= 15 is 0 Å². The molecule has 0 aromatic rings. The van der Waals surface area contributed by atoms with Gasteiger partial charge < -0.3 is 9.50 Å². The Morgan fingerprint density at radius 1 is 1.02 bits per heavy atom. The van der Waals surface area contributed by atoms with Gasteiger partial charge in [-0.3, -0.25) is 0 Å². The Morgan fingerprint density at radius 3 is 2.32 bits per heavy atom. The van der Waals surface area contributed by atoms with Crippen LogP contribution in [-0.4, -0.2) is 30.4 Å². The van der Waals surface area contributed by atoms with Crippen molar-refractivity contribution in [2.45, 2.75) is 110 Å². The van der Waals surface area contributed by atoms with Gasteiger partial charge in [-0.2, -0.15) is 21.6 Å². The van der Waals surface area contributed by atoms with Gasteiger partial charge in [0.05, 0.1) is 0 Å². The van der Waals surface area contributed by atoms with E-state index in [1.165, 1.54) is 31.3 Å². The lowest BCUT2D eigenvalue weighted by Gasteiger charge is -2.72. The molecule has 0 aromatic heterocycles. The molecule has 0 unspecified atom stereocenters. The Morgan fingerprint density at radius 2 is 1.71 bits per heavy atom. The van der Waals surface area contributed by atoms with Crippen molar-refractivity contribution in [2.75, 3.05) is 11.0 Å². The van der Waals surface area contributed by atoms with Crippen LogP contribution >= 0.6 is 22.6 Å². The van der Waals surface area contributed by atoms with Gasteiger partial charge in [-0.25, -0.2) is 0 Å². The fourth-order valence-electron chi connectivity index (χ4n) is 11.6. The molecular weight excluding hydrogens is 662 g/mol. The normalized spacial score (nSPS) is 45.5. The lowest BCUT2D eigenvalue weighted by Crippen LogP contribution is -2.68. The number of nitrogens with one attached hydrogen (secondary N) is 1. The Kier molecular flexibility index (Phi) is 7.92. The number of hydrogen-bond acceptors (Lipinski definition) is 4. The van der Waals surface area contributed by atoms with Crippen molar-refractivity contribution >= 4 is 32.7 Å². The van der Waals surface area contributed by atoms with Gasteiger partial charge in [-0.15, -0.1) is 0 Å². The Labute approximate surface area is 259 Å². The first-order valence-corrected chi connectivity index (χ1v) is 18.4. The van der Waals surface area contributed by atoms with Gasteiger partial charge in [-0.05, 0) is 117 Å². The monoisotopic (exact) mass is 711 g/mol. The average molecular weight is 712 g/mol. The third-order valence-corrected chi connectivity index (χ3v) is 15.1. The van der Waals surface area contributed by atoms with E-state index in [9.17, 15) is 21.6 Å². The highest BCUT2D eigenvalue weighted by Gasteiger charge is 2.70. The van der Waals surface area contributed by atoms with Crippen LogP contribution in [0.15, 0.2) is 24.0 Å². The number of hydrogen-bond donors (Lipinski definition) is 1. The highest BCUT2D eigenvalue weighted by molar-refractivity contribution is 14.1. The van der Waals surface area contributed by atoms with E-state index in [0.717, 1.165) is 36.7 Å². The molecule has 0 radical (unpaired) electrons. The highest BCUT2D eigenvalue weighted by atomic mass is 127. The summed E-state index contributed by atoms with van der Waals surface area (Å²) < 4.78 is 69.6. The molecule has 0 aromatic carbocycles. The summed E-state index contributed by atoms with van der Waals surface area (Å²) in [4.78, 5) is 0. The molecule has 41 heavy (non-hydrogen) atoms. The summed E-state index contributed by atoms with van der Waals surface area (Å²) in [7, 11) is -5.70. The zero-order chi connectivity index (χ0) is 30.4. The molecule has 1 N–H and O–H groups in total. The molecule has 0 aliphatic heterocycles. The largest absolute Gasteiger partial charge is 0.534 e. The number of fused-ring (bicyclic) bond motifs is 7. The number of rotatable bonds is 6. The second-order valence-electron chi connectivity index (χ2n) is 15.4. The van der Waals surface area contributed by atoms with Crippen LogP contribution in [0.25, 0.3) is 0 Å². The van der Waals surface area contributed by atoms with Gasteiger partial charge in [0.25, 0.3) is 0 Å². The number of alkyl halides is 4. The average Bonchev–Trinajstić information content (AvgIpc) is 3.24. The lowest BCUT2D eigenvalue weighted by molar-refractivity contribution is -0.223. The van der Waals surface area contributed by atoms with Crippen LogP contribution in [0.4, 0.5) is 13.2 Å². The molecule has 5 aliphatic carbocycles. The quantitative estimate of drug-likeness (QED) is 0.0985. The maximum atomic E-state index is 13.2. The minimum Gasteiger partial charge on any atom is -0.380 e. The molecule has 4 saturated carbocycles. The molecule has 4 nitrogen and oxygen atoms in total. The third kappa shape index (κ3) is 4.53. The summed E-state index contributed by atoms with van der Waals surface area (Å²) in [6.07, 6.45) is 11.2. The molecule has 0 saturated heterocycles. The van der Waals surface area contributed by atoms with E-state index in [1.807, 2.05) is 13.8 Å². The zero-order valence-electron chi connectivity index (χ0n) is 25.6. The minimum absolute atomic E-state index is 0.0410. The first-order chi connectivity index (χ1) is 18.8. The van der Waals surface area contributed by atoms with Crippen molar-refractivity contribution in [2.24, 2.45) is 51.2 Å². The summed E-state index contributed by atoms with van der Waals surface area (Å²) >= 11 is 2.47. The zero-order valence-corrected chi connectivity index (χ0v) is 28.6. The van der Waals surface area contributed by atoms with Gasteiger partial charge in [0, 0.05) is 21.9 Å². The summed E-state index contributed by atoms with van der Waals surface area (Å²) in [5.74, 6) is 2.14. The number of halogens is 4. The predicted octanol–water partition coefficient (Wildman–Crippen LogP) is 8.78. The molecule has 0 spiro atoms. The van der Waals surface area contributed by atoms with Crippen molar-refractivity contribution in [1.82, 2.24) is 5.32 Å². The summed E-state index contributed by atoms with van der Waals surface area (Å²) in [6, 6.07) is 0. The van der Waals surface area contributed by atoms with Crippen LogP contribution < -0.4 is 5.32 Å². The second-order valence-corrected chi connectivity index (χ2v) is 18.1. The molecule has 5 rings (SSSR count). The van der Waals surface area contributed by atoms with Gasteiger partial charge in [-0.1, -0.05) is 69.4 Å². The fraction of sp³-hybridized carbons (Fsp3) is 0.875. The molecular formula is C32H49F3INO3S. The highest BCUT2D eigenvalue weighted by Crippen LogP contribution is 2.76. The van der Waals surface area contributed by atoms with Crippen LogP contribution in [0, 0.1) is 51.2 Å². The maximum Gasteiger partial charge on any atom is 0.534 e. The molecule has 5 aliphatic rings. The van der Waals surface area contributed by atoms with Crippen LogP contribution in [0.3, 0.4) is 0 Å². The van der Waals surface area contributed by atoms with Gasteiger partial charge in [0.15, 0.2) is 0 Å².